The normalized spacial score (nSPS) is 15.9. The van der Waals surface area contributed by atoms with Crippen LogP contribution in [0.25, 0.3) is 10.2 Å². The van der Waals surface area contributed by atoms with Crippen LogP contribution >= 0.6 is 11.3 Å². The Morgan fingerprint density at radius 2 is 2.36 bits per heavy atom. The molecule has 118 valence electrons. The highest BCUT2D eigenvalue weighted by Crippen LogP contribution is 2.32. The summed E-state index contributed by atoms with van der Waals surface area (Å²) in [7, 11) is 1.69. The standard InChI is InChI=1S/C15H19N3O3S/c1-17(8-12(19)10-2-3-10)13(20)4-6-18-9-16-14-11(15(18)21)5-7-22-14/h5,7,9-10,12,19H,2-4,6,8H2,1H3. The van der Waals surface area contributed by atoms with E-state index in [-0.39, 0.29) is 17.9 Å². The first kappa shape index (κ1) is 15.2. The monoisotopic (exact) mass is 321 g/mol. The van der Waals surface area contributed by atoms with Crippen molar-refractivity contribution >= 4 is 27.5 Å². The number of carbonyl (C=O) groups excluding carboxylic acids is 1. The zero-order chi connectivity index (χ0) is 15.7. The number of carbonyl (C=O) groups is 1. The number of thiophene rings is 1. The van der Waals surface area contributed by atoms with Crippen molar-refractivity contribution in [3.8, 4) is 0 Å². The Morgan fingerprint density at radius 1 is 1.59 bits per heavy atom. The Hall–Kier alpha value is -1.73. The molecule has 3 rings (SSSR count). The zero-order valence-electron chi connectivity index (χ0n) is 12.4. The lowest BCUT2D eigenvalue weighted by Gasteiger charge is -2.20. The van der Waals surface area contributed by atoms with Crippen molar-refractivity contribution in [2.24, 2.45) is 5.92 Å². The summed E-state index contributed by atoms with van der Waals surface area (Å²) in [6.07, 6.45) is 3.38. The number of aromatic nitrogens is 2. The highest BCUT2D eigenvalue weighted by molar-refractivity contribution is 7.16. The minimum atomic E-state index is -0.430. The summed E-state index contributed by atoms with van der Waals surface area (Å²) in [6.45, 7) is 0.667. The number of aliphatic hydroxyl groups excluding tert-OH is 1. The summed E-state index contributed by atoms with van der Waals surface area (Å²) in [5.74, 6) is 0.278. The molecule has 2 heterocycles. The second-order valence-corrected chi connectivity index (χ2v) is 6.71. The molecule has 1 unspecified atom stereocenters. The van der Waals surface area contributed by atoms with Crippen LogP contribution in [0.5, 0.6) is 0 Å². The number of fused-ring (bicyclic) bond motifs is 1. The van der Waals surface area contributed by atoms with Crippen molar-refractivity contribution in [1.82, 2.24) is 14.5 Å². The Bertz CT molecular complexity index is 735. The van der Waals surface area contributed by atoms with Crippen LogP contribution in [0.3, 0.4) is 0 Å². The van der Waals surface area contributed by atoms with E-state index in [9.17, 15) is 14.7 Å². The summed E-state index contributed by atoms with van der Waals surface area (Å²) in [4.78, 5) is 30.8. The molecule has 2 aromatic rings. The Morgan fingerprint density at radius 3 is 3.09 bits per heavy atom. The molecular formula is C15H19N3O3S. The second kappa shape index (κ2) is 6.18. The third kappa shape index (κ3) is 3.20. The van der Waals surface area contributed by atoms with E-state index in [4.69, 9.17) is 0 Å². The van der Waals surface area contributed by atoms with Gasteiger partial charge in [-0.3, -0.25) is 14.2 Å². The van der Waals surface area contributed by atoms with Gasteiger partial charge in [-0.1, -0.05) is 0 Å². The number of likely N-dealkylation sites (N-methyl/N-ethyl adjacent to an activating group) is 1. The van der Waals surface area contributed by atoms with Gasteiger partial charge < -0.3 is 10.0 Å². The lowest BCUT2D eigenvalue weighted by molar-refractivity contribution is -0.131. The molecule has 2 aromatic heterocycles. The Balaban J connectivity index is 1.59. The molecule has 22 heavy (non-hydrogen) atoms. The predicted octanol–water partition coefficient (Wildman–Crippen LogP) is 1.08. The van der Waals surface area contributed by atoms with Crippen LogP contribution < -0.4 is 5.56 Å². The van der Waals surface area contributed by atoms with Crippen LogP contribution in [0, 0.1) is 5.92 Å². The van der Waals surface area contributed by atoms with Gasteiger partial charge in [-0.15, -0.1) is 11.3 Å². The third-order valence-corrected chi connectivity index (χ3v) is 4.89. The van der Waals surface area contributed by atoms with Gasteiger partial charge in [-0.2, -0.15) is 0 Å². The predicted molar refractivity (Wildman–Crippen MR) is 84.9 cm³/mol. The molecule has 1 aliphatic rings. The largest absolute Gasteiger partial charge is 0.391 e. The molecule has 1 fully saturated rings. The van der Waals surface area contributed by atoms with Gasteiger partial charge in [0.15, 0.2) is 0 Å². The molecule has 1 atom stereocenters. The smallest absolute Gasteiger partial charge is 0.262 e. The molecule has 0 radical (unpaired) electrons. The summed E-state index contributed by atoms with van der Waals surface area (Å²) in [5, 5.41) is 12.3. The molecule has 1 saturated carbocycles. The highest BCUT2D eigenvalue weighted by atomic mass is 32.1. The molecule has 1 N–H and O–H groups in total. The summed E-state index contributed by atoms with van der Waals surface area (Å²) >= 11 is 1.43. The van der Waals surface area contributed by atoms with Gasteiger partial charge in [-0.05, 0) is 30.2 Å². The first-order valence-corrected chi connectivity index (χ1v) is 8.29. The molecule has 7 heteroatoms. The van der Waals surface area contributed by atoms with E-state index in [1.807, 2.05) is 5.38 Å². The summed E-state index contributed by atoms with van der Waals surface area (Å²) in [5.41, 5.74) is -0.111. The van der Waals surface area contributed by atoms with E-state index in [1.165, 1.54) is 22.2 Å². The number of amides is 1. The van der Waals surface area contributed by atoms with Crippen LogP contribution in [-0.4, -0.2) is 45.2 Å². The van der Waals surface area contributed by atoms with Crippen LogP contribution in [-0.2, 0) is 11.3 Å². The van der Waals surface area contributed by atoms with Crippen molar-refractivity contribution in [3.05, 3.63) is 28.1 Å². The number of rotatable bonds is 6. The van der Waals surface area contributed by atoms with E-state index >= 15 is 0 Å². The van der Waals surface area contributed by atoms with E-state index in [1.54, 1.807) is 18.0 Å². The minimum Gasteiger partial charge on any atom is -0.391 e. The molecule has 1 aliphatic carbocycles. The Labute approximate surface area is 132 Å². The topological polar surface area (TPSA) is 75.4 Å². The lowest BCUT2D eigenvalue weighted by Crippen LogP contribution is -2.36. The maximum Gasteiger partial charge on any atom is 0.262 e. The first-order chi connectivity index (χ1) is 10.6. The molecule has 6 nitrogen and oxygen atoms in total. The van der Waals surface area contributed by atoms with Gasteiger partial charge in [-0.25, -0.2) is 4.98 Å². The number of nitrogens with zero attached hydrogens (tertiary/aromatic N) is 3. The van der Waals surface area contributed by atoms with Gasteiger partial charge in [0.25, 0.3) is 5.56 Å². The van der Waals surface area contributed by atoms with E-state index in [0.29, 0.717) is 24.4 Å². The van der Waals surface area contributed by atoms with Gasteiger partial charge in [0.2, 0.25) is 5.91 Å². The fraction of sp³-hybridized carbons (Fsp3) is 0.533. The third-order valence-electron chi connectivity index (χ3n) is 4.07. The number of aliphatic hydroxyl groups is 1. The van der Waals surface area contributed by atoms with Crippen molar-refractivity contribution < 1.29 is 9.90 Å². The SMILES string of the molecule is CN(CC(O)C1CC1)C(=O)CCn1cnc2sccc2c1=O. The van der Waals surface area contributed by atoms with Crippen LogP contribution in [0.15, 0.2) is 22.6 Å². The maximum atomic E-state index is 12.2. The number of hydrogen-bond acceptors (Lipinski definition) is 5. The van der Waals surface area contributed by atoms with Gasteiger partial charge in [0, 0.05) is 26.6 Å². The van der Waals surface area contributed by atoms with E-state index in [2.05, 4.69) is 4.98 Å². The average Bonchev–Trinajstić information content (AvgIpc) is 3.24. The quantitative estimate of drug-likeness (QED) is 0.864. The van der Waals surface area contributed by atoms with E-state index < -0.39 is 6.10 Å². The van der Waals surface area contributed by atoms with Crippen LogP contribution in [0.1, 0.15) is 19.3 Å². The van der Waals surface area contributed by atoms with Crippen molar-refractivity contribution in [1.29, 1.82) is 0 Å². The summed E-state index contributed by atoms with van der Waals surface area (Å²) < 4.78 is 1.47. The van der Waals surface area contributed by atoms with Gasteiger partial charge in [0.1, 0.15) is 4.83 Å². The number of hydrogen-bond donors (Lipinski definition) is 1. The van der Waals surface area contributed by atoms with Gasteiger partial charge in [0.05, 0.1) is 17.8 Å². The summed E-state index contributed by atoms with van der Waals surface area (Å²) in [6, 6.07) is 1.76. The van der Waals surface area contributed by atoms with Crippen LogP contribution in [0.4, 0.5) is 0 Å². The lowest BCUT2D eigenvalue weighted by atomic mass is 10.2. The zero-order valence-corrected chi connectivity index (χ0v) is 13.3. The molecule has 0 spiro atoms. The molecule has 0 aliphatic heterocycles. The van der Waals surface area contributed by atoms with Crippen molar-refractivity contribution in [2.45, 2.75) is 31.9 Å². The van der Waals surface area contributed by atoms with E-state index in [0.717, 1.165) is 17.7 Å². The first-order valence-electron chi connectivity index (χ1n) is 7.41. The Kier molecular flexibility index (Phi) is 4.26. The fourth-order valence-electron chi connectivity index (χ4n) is 2.47. The molecular weight excluding hydrogens is 302 g/mol. The van der Waals surface area contributed by atoms with Crippen LogP contribution in [0.2, 0.25) is 0 Å². The van der Waals surface area contributed by atoms with Crippen molar-refractivity contribution in [3.63, 3.8) is 0 Å². The molecule has 1 amide bonds. The average molecular weight is 321 g/mol. The second-order valence-electron chi connectivity index (χ2n) is 5.81. The maximum absolute atomic E-state index is 12.2. The molecule has 0 saturated heterocycles. The fourth-order valence-corrected chi connectivity index (χ4v) is 3.20. The molecule has 0 bridgehead atoms. The number of aryl methyl sites for hydroxylation is 1. The highest BCUT2D eigenvalue weighted by Gasteiger charge is 2.31. The molecule has 0 aromatic carbocycles. The van der Waals surface area contributed by atoms with Crippen molar-refractivity contribution in [2.75, 3.05) is 13.6 Å². The minimum absolute atomic E-state index is 0.0722. The van der Waals surface area contributed by atoms with Gasteiger partial charge >= 0.3 is 0 Å².